The number of phenols is 3. The number of carboxylic acids is 1. The number of carbonyl (C=O) groups excluding carboxylic acids is 11. The van der Waals surface area contributed by atoms with Crippen LogP contribution in [0.1, 0.15) is 95.1 Å². The van der Waals surface area contributed by atoms with Gasteiger partial charge in [-0.25, -0.2) is 9.59 Å². The first kappa shape index (κ1) is 80.4. The number of anilines is 2. The van der Waals surface area contributed by atoms with Gasteiger partial charge < -0.3 is 105 Å². The highest BCUT2D eigenvalue weighted by molar-refractivity contribution is 8.76. The van der Waals surface area contributed by atoms with Gasteiger partial charge in [0, 0.05) is 96.9 Å². The zero-order valence-corrected chi connectivity index (χ0v) is 61.3. The van der Waals surface area contributed by atoms with Crippen LogP contribution >= 0.6 is 33.8 Å². The van der Waals surface area contributed by atoms with Crippen molar-refractivity contribution in [2.45, 2.75) is 125 Å². The fourth-order valence-corrected chi connectivity index (χ4v) is 15.4. The Labute approximate surface area is 642 Å². The number of phenolic OH excluding ortho intramolecular Hbond substituents is 3. The lowest BCUT2D eigenvalue weighted by Gasteiger charge is -2.36. The maximum absolute atomic E-state index is 15.0. The van der Waals surface area contributed by atoms with Crippen LogP contribution in [0, 0.1) is 5.41 Å². The second-order valence-electron chi connectivity index (χ2n) is 26.4. The van der Waals surface area contributed by atoms with Gasteiger partial charge in [0.25, 0.3) is 0 Å². The largest absolute Gasteiger partial charge is 0.508 e. The molecule has 8 unspecified atom stereocenters. The number of benzene rings is 6. The smallest absolute Gasteiger partial charge is 0.340 e. The van der Waals surface area contributed by atoms with Gasteiger partial charge in [-0.2, -0.15) is 0 Å². The quantitative estimate of drug-likeness (QED) is 0.0109. The average molecular weight is 1560 g/mol. The molecule has 578 valence electrons. The number of nitrogens with two attached hydrogens (primary N) is 3. The number of primary amides is 2. The molecule has 4 aliphatic rings. The van der Waals surface area contributed by atoms with E-state index < -0.39 is 150 Å². The Balaban J connectivity index is 0.826. The van der Waals surface area contributed by atoms with E-state index in [1.807, 2.05) is 0 Å². The van der Waals surface area contributed by atoms with E-state index in [1.54, 1.807) is 84.9 Å². The lowest BCUT2D eigenvalue weighted by molar-refractivity contribution is -0.143. The van der Waals surface area contributed by atoms with Crippen molar-refractivity contribution in [2.24, 2.45) is 17.2 Å². The van der Waals surface area contributed by atoms with E-state index in [1.165, 1.54) is 53.4 Å². The zero-order valence-electron chi connectivity index (χ0n) is 58.8. The van der Waals surface area contributed by atoms with E-state index in [0.717, 1.165) is 21.6 Å². The highest BCUT2D eigenvalue weighted by atomic mass is 33.1. The van der Waals surface area contributed by atoms with E-state index in [4.69, 9.17) is 44.3 Å². The highest BCUT2D eigenvalue weighted by Crippen LogP contribution is 2.57. The molecular formula is C74H81N15O18S3. The number of carboxylic acid groups (broad SMARTS) is 1. The number of amides is 10. The van der Waals surface area contributed by atoms with Crippen LogP contribution in [0.4, 0.5) is 11.4 Å². The minimum Gasteiger partial charge on any atom is -0.508 e. The summed E-state index contributed by atoms with van der Waals surface area (Å²) in [6.45, 7) is -0.0210. The molecule has 0 aliphatic carbocycles. The van der Waals surface area contributed by atoms with Crippen molar-refractivity contribution >= 4 is 127 Å². The van der Waals surface area contributed by atoms with Crippen LogP contribution in [-0.4, -0.2) is 180 Å². The molecule has 2 fully saturated rings. The number of nitrogens with zero attached hydrogens (tertiary/aromatic N) is 1. The van der Waals surface area contributed by atoms with Crippen LogP contribution in [0.15, 0.2) is 133 Å². The second-order valence-corrected chi connectivity index (χ2v) is 29.4. The van der Waals surface area contributed by atoms with E-state index in [2.05, 4.69) is 53.2 Å². The van der Waals surface area contributed by atoms with Crippen molar-refractivity contribution < 1.29 is 87.4 Å². The summed E-state index contributed by atoms with van der Waals surface area (Å²) in [6.07, 6.45) is -2.33. The van der Waals surface area contributed by atoms with E-state index in [-0.39, 0.29) is 115 Å². The molecule has 36 heteroatoms. The summed E-state index contributed by atoms with van der Waals surface area (Å²) in [4.78, 5) is 168. The molecule has 0 bridgehead atoms. The number of ether oxygens (including phenoxy) is 2. The van der Waals surface area contributed by atoms with Gasteiger partial charge in [0.05, 0.1) is 12.0 Å². The lowest BCUT2D eigenvalue weighted by Crippen LogP contribution is -2.61. The van der Waals surface area contributed by atoms with Gasteiger partial charge in [-0.3, -0.25) is 53.4 Å². The molecule has 4 aliphatic heterocycles. The molecule has 0 saturated carbocycles. The van der Waals surface area contributed by atoms with Gasteiger partial charge in [0.15, 0.2) is 16.7 Å². The molecule has 8 atom stereocenters. The van der Waals surface area contributed by atoms with Crippen molar-refractivity contribution in [1.29, 1.82) is 5.41 Å². The Hall–Kier alpha value is -12.2. The number of fused-ring (bicyclic) bond motifs is 6. The fraction of sp³-hybridized carbons (Fsp3) is 0.324. The number of aromatic hydroxyl groups is 3. The average Bonchev–Trinajstić information content (AvgIpc) is 1.49. The first-order valence-electron chi connectivity index (χ1n) is 34.9. The topological polar surface area (TPSA) is 530 Å². The summed E-state index contributed by atoms with van der Waals surface area (Å²) in [5.74, 6) is -11.8. The zero-order chi connectivity index (χ0) is 78.9. The van der Waals surface area contributed by atoms with Crippen LogP contribution in [0.25, 0.3) is 0 Å². The van der Waals surface area contributed by atoms with Crippen molar-refractivity contribution in [3.8, 4) is 28.7 Å². The van der Waals surface area contributed by atoms with Crippen LogP contribution < -0.4 is 75.1 Å². The Kier molecular flexibility index (Phi) is 26.7. The molecule has 2 saturated heterocycles. The molecule has 21 N–H and O–H groups in total. The van der Waals surface area contributed by atoms with Crippen molar-refractivity contribution in [3.63, 3.8) is 0 Å². The summed E-state index contributed by atoms with van der Waals surface area (Å²) in [5, 5.41) is 76.0. The summed E-state index contributed by atoms with van der Waals surface area (Å²) in [7, 11) is 2.11. The predicted octanol–water partition coefficient (Wildman–Crippen LogP) is 1.87. The van der Waals surface area contributed by atoms with Crippen molar-refractivity contribution in [3.05, 3.63) is 172 Å². The Morgan fingerprint density at radius 1 is 0.645 bits per heavy atom. The molecule has 4 heterocycles. The number of rotatable bonds is 23. The molecule has 0 radical (unpaired) electrons. The molecule has 1 spiro atoms. The maximum atomic E-state index is 15.0. The number of aliphatic carboxylic acids is 1. The third kappa shape index (κ3) is 20.7. The molecular weight excluding hydrogens is 1480 g/mol. The SMILES string of the molecule is N=C(N)NCCCC(NC(=O)C1CCCN1C(=O)C1CSSCCC(=O)NC(Cc2ccc(O)cc2)C(=O)NC(Cc2ccccc2)C(=O)NC(CCC(N)=O)C(=O)NC(CC(N)=O)C(=O)N1)C(=O)NC(Cc1ccc(NC(=S)Nc2ccc3c(c2)C2(OC3=O)c3ccc(O)cc3Oc3cc(O)ccc32)cc1)C(=O)O. The molecule has 0 aromatic heterocycles. The summed E-state index contributed by atoms with van der Waals surface area (Å²) >= 11 is 5.70. The fourth-order valence-electron chi connectivity index (χ4n) is 13.0. The van der Waals surface area contributed by atoms with Crippen LogP contribution in [0.3, 0.4) is 0 Å². The first-order valence-corrected chi connectivity index (χ1v) is 37.8. The number of hydrogen-bond acceptors (Lipinski definition) is 21. The minimum absolute atomic E-state index is 0.0313. The van der Waals surface area contributed by atoms with Gasteiger partial charge in [-0.1, -0.05) is 76.2 Å². The molecule has 10 rings (SSSR count). The third-order valence-electron chi connectivity index (χ3n) is 18.4. The molecule has 6 aromatic rings. The van der Waals surface area contributed by atoms with Crippen LogP contribution in [0.5, 0.6) is 28.7 Å². The molecule has 10 amide bonds. The van der Waals surface area contributed by atoms with Crippen LogP contribution in [-0.2, 0) is 82.3 Å². The van der Waals surface area contributed by atoms with E-state index >= 15 is 4.79 Å². The van der Waals surface area contributed by atoms with Crippen molar-refractivity contribution in [1.82, 2.24) is 47.4 Å². The summed E-state index contributed by atoms with van der Waals surface area (Å²) in [5.41, 5.74) is 19.0. The number of likely N-dealkylation sites (tertiary alicyclic amines) is 1. The normalized spacial score (nSPS) is 19.7. The van der Waals surface area contributed by atoms with Crippen LogP contribution in [0.2, 0.25) is 0 Å². The van der Waals surface area contributed by atoms with Gasteiger partial charge in [0.1, 0.15) is 77.1 Å². The summed E-state index contributed by atoms with van der Waals surface area (Å²) < 4.78 is 12.3. The van der Waals surface area contributed by atoms with E-state index in [9.17, 15) is 73.2 Å². The molecule has 6 aromatic carbocycles. The number of guanidine groups is 1. The van der Waals surface area contributed by atoms with Crippen molar-refractivity contribution in [2.75, 3.05) is 35.2 Å². The number of esters is 1. The minimum atomic E-state index is -1.84. The number of carbonyl (C=O) groups is 12. The first-order chi connectivity index (χ1) is 52.6. The number of thiocarbonyl (C=S) groups is 1. The lowest BCUT2D eigenvalue weighted by atomic mass is 9.77. The number of nitrogens with one attached hydrogen (secondary N) is 11. The van der Waals surface area contributed by atoms with Gasteiger partial charge in [-0.15, -0.1) is 0 Å². The van der Waals surface area contributed by atoms with Gasteiger partial charge in [0.2, 0.25) is 59.1 Å². The Morgan fingerprint density at radius 3 is 1.88 bits per heavy atom. The standard InChI is InChI=1S/C74H81N15O18S3/c75-60(93)25-24-51-64(97)86-54(36-61(76)94)67(100)88-56(37-110-109-29-26-62(95)82-52(31-40-12-17-43(90)18-13-40)65(98)85-53(66(99)83-51)30-38-6-2-1-3-7-38)69(102)89-28-5-9-57(89)68(101)84-50(8-4-27-79-72(77)78)63(96)87-55(70(103)104)32-39-10-14-41(15-11-39)80-73(108)81-42-16-21-46-49(33-42)74(107-71(46)105)47-22-19-44(91)34-58(47)106-59-35-45(92)20-23-48(59)74/h1-3,6-7,10-23,33-35,50-57,90-92H,4-5,8-9,24-32,36-37H2,(H2,75,93)(H2,76,94)(H,82,95)(H,83,99)(H,84,101)(H,85,98)(H,86,97)(H,87,96)(H,88,100)(H,103,104)(H4,77,78,79)(H2,80,81,108). The maximum Gasteiger partial charge on any atom is 0.340 e. The van der Waals surface area contributed by atoms with E-state index in [0.29, 0.717) is 44.8 Å². The van der Waals surface area contributed by atoms with Gasteiger partial charge >= 0.3 is 11.9 Å². The highest BCUT2D eigenvalue weighted by Gasteiger charge is 2.54. The Morgan fingerprint density at radius 2 is 1.24 bits per heavy atom. The molecule has 110 heavy (non-hydrogen) atoms. The predicted molar refractivity (Wildman–Crippen MR) is 407 cm³/mol. The monoisotopic (exact) mass is 1560 g/mol. The summed E-state index contributed by atoms with van der Waals surface area (Å²) in [6, 6.07) is 22.2. The van der Waals surface area contributed by atoms with Gasteiger partial charge in [-0.05, 0) is 128 Å². The number of hydrogen-bond donors (Lipinski definition) is 18. The Bertz CT molecular complexity index is 4490. The molecule has 33 nitrogen and oxygen atoms in total. The second kappa shape index (κ2) is 36.6. The third-order valence-corrected chi connectivity index (χ3v) is 21.0.